The Hall–Kier alpha value is -1.83. The number of primary amides is 1. The predicted octanol–water partition coefficient (Wildman–Crippen LogP) is -1.04. The topological polar surface area (TPSA) is 125 Å². The second-order valence-corrected chi connectivity index (χ2v) is 4.96. The maximum Gasteiger partial charge on any atom is 0.326 e. The van der Waals surface area contributed by atoms with Crippen LogP contribution in [0.3, 0.4) is 0 Å². The van der Waals surface area contributed by atoms with Gasteiger partial charge in [-0.15, -0.1) is 0 Å². The Labute approximate surface area is 117 Å². The first-order valence-corrected chi connectivity index (χ1v) is 6.70. The average molecular weight is 286 g/mol. The van der Waals surface area contributed by atoms with E-state index in [1.165, 1.54) is 0 Å². The zero-order chi connectivity index (χ0) is 15.1. The molecule has 0 aliphatic carbocycles. The van der Waals surface area contributed by atoms with E-state index in [1.54, 1.807) is 0 Å². The molecule has 1 aliphatic rings. The molecule has 8 heteroatoms. The fourth-order valence-electron chi connectivity index (χ4n) is 2.21. The molecule has 3 amide bonds. The maximum absolute atomic E-state index is 11.6. The van der Waals surface area contributed by atoms with E-state index in [-0.39, 0.29) is 0 Å². The van der Waals surface area contributed by atoms with Crippen molar-refractivity contribution in [1.29, 1.82) is 0 Å². The summed E-state index contributed by atoms with van der Waals surface area (Å²) in [4.78, 5) is 35.5. The van der Waals surface area contributed by atoms with Crippen LogP contribution < -0.4 is 16.4 Å². The Bertz CT molecular complexity index is 374. The van der Waals surface area contributed by atoms with E-state index < -0.39 is 30.4 Å². The fraction of sp³-hybridized carbons (Fsp3) is 0.750. The summed E-state index contributed by atoms with van der Waals surface area (Å²) in [7, 11) is 0. The summed E-state index contributed by atoms with van der Waals surface area (Å²) in [6, 6.07) is -1.88. The van der Waals surface area contributed by atoms with E-state index in [1.807, 2.05) is 0 Å². The van der Waals surface area contributed by atoms with Crippen LogP contribution >= 0.6 is 0 Å². The smallest absolute Gasteiger partial charge is 0.326 e. The summed E-state index contributed by atoms with van der Waals surface area (Å²) in [5, 5.41) is 13.7. The number of likely N-dealkylation sites (tertiary alicyclic amines) is 1. The van der Waals surface area contributed by atoms with Crippen LogP contribution in [0.4, 0.5) is 4.79 Å². The SMILES string of the molecule is CCN1CCC(CNC(=O)N[C@@H](CC(N)=O)C(=O)O)C1. The number of carboxylic acids is 1. The molecule has 1 aliphatic heterocycles. The van der Waals surface area contributed by atoms with Gasteiger partial charge in [-0.1, -0.05) is 6.92 Å². The van der Waals surface area contributed by atoms with Crippen LogP contribution in [0.2, 0.25) is 0 Å². The monoisotopic (exact) mass is 286 g/mol. The normalized spacial score (nSPS) is 20.4. The van der Waals surface area contributed by atoms with Crippen molar-refractivity contribution in [1.82, 2.24) is 15.5 Å². The van der Waals surface area contributed by atoms with Gasteiger partial charge in [0.15, 0.2) is 0 Å². The van der Waals surface area contributed by atoms with Crippen LogP contribution in [0.1, 0.15) is 19.8 Å². The summed E-state index contributed by atoms with van der Waals surface area (Å²) in [6.45, 7) is 5.52. The Morgan fingerprint density at radius 3 is 2.65 bits per heavy atom. The number of hydrogen-bond acceptors (Lipinski definition) is 4. The van der Waals surface area contributed by atoms with Gasteiger partial charge in [-0.25, -0.2) is 9.59 Å². The van der Waals surface area contributed by atoms with Crippen LogP contribution in [-0.4, -0.2) is 60.1 Å². The van der Waals surface area contributed by atoms with Crippen molar-refractivity contribution in [2.24, 2.45) is 11.7 Å². The molecule has 5 N–H and O–H groups in total. The molecule has 1 fully saturated rings. The second kappa shape index (κ2) is 7.68. The van der Waals surface area contributed by atoms with E-state index in [2.05, 4.69) is 22.5 Å². The summed E-state index contributed by atoms with van der Waals surface area (Å²) in [5.41, 5.74) is 4.93. The molecule has 0 aromatic rings. The number of hydrogen-bond donors (Lipinski definition) is 4. The standard InChI is InChI=1S/C12H22N4O4/c1-2-16-4-3-8(7-16)6-14-12(20)15-9(11(18)19)5-10(13)17/h8-9H,2-7H2,1H3,(H2,13,17)(H,18,19)(H2,14,15,20)/t8?,9-/m0/s1. The number of nitrogens with zero attached hydrogens (tertiary/aromatic N) is 1. The zero-order valence-electron chi connectivity index (χ0n) is 11.6. The van der Waals surface area contributed by atoms with E-state index in [9.17, 15) is 14.4 Å². The van der Waals surface area contributed by atoms with Crippen LogP contribution in [0.15, 0.2) is 0 Å². The first-order chi connectivity index (χ1) is 9.42. The largest absolute Gasteiger partial charge is 0.480 e. The molecule has 0 aromatic carbocycles. The van der Waals surface area contributed by atoms with Gasteiger partial charge in [0.25, 0.3) is 0 Å². The van der Waals surface area contributed by atoms with Crippen LogP contribution in [0, 0.1) is 5.92 Å². The first-order valence-electron chi connectivity index (χ1n) is 6.70. The third-order valence-electron chi connectivity index (χ3n) is 3.38. The maximum atomic E-state index is 11.6. The molecule has 2 atom stereocenters. The quantitative estimate of drug-likeness (QED) is 0.475. The molecule has 0 radical (unpaired) electrons. The van der Waals surface area contributed by atoms with Gasteiger partial charge in [0.05, 0.1) is 6.42 Å². The molecule has 0 aromatic heterocycles. The lowest BCUT2D eigenvalue weighted by Gasteiger charge is -2.16. The van der Waals surface area contributed by atoms with Gasteiger partial charge >= 0.3 is 12.0 Å². The number of carbonyl (C=O) groups is 3. The van der Waals surface area contributed by atoms with Crippen molar-refractivity contribution in [2.75, 3.05) is 26.2 Å². The van der Waals surface area contributed by atoms with E-state index >= 15 is 0 Å². The second-order valence-electron chi connectivity index (χ2n) is 4.96. The number of aliphatic carboxylic acids is 1. The molecular weight excluding hydrogens is 264 g/mol. The number of rotatable bonds is 7. The number of carbonyl (C=O) groups excluding carboxylic acids is 2. The molecule has 1 rings (SSSR count). The summed E-state index contributed by atoms with van der Waals surface area (Å²) < 4.78 is 0. The molecule has 8 nitrogen and oxygen atoms in total. The predicted molar refractivity (Wildman–Crippen MR) is 72.0 cm³/mol. The van der Waals surface area contributed by atoms with Gasteiger partial charge in [0, 0.05) is 13.1 Å². The van der Waals surface area contributed by atoms with Crippen molar-refractivity contribution >= 4 is 17.9 Å². The van der Waals surface area contributed by atoms with Gasteiger partial charge in [0.1, 0.15) is 6.04 Å². The van der Waals surface area contributed by atoms with Crippen LogP contribution in [0.25, 0.3) is 0 Å². The van der Waals surface area contributed by atoms with Crippen molar-refractivity contribution in [3.05, 3.63) is 0 Å². The minimum Gasteiger partial charge on any atom is -0.480 e. The van der Waals surface area contributed by atoms with Crippen LogP contribution in [0.5, 0.6) is 0 Å². The molecule has 114 valence electrons. The summed E-state index contributed by atoms with van der Waals surface area (Å²) in [6.07, 6.45) is 0.591. The van der Waals surface area contributed by atoms with E-state index in [0.717, 1.165) is 26.1 Å². The molecule has 0 saturated carbocycles. The Kier molecular flexibility index (Phi) is 6.23. The van der Waals surface area contributed by atoms with Crippen molar-refractivity contribution in [3.63, 3.8) is 0 Å². The lowest BCUT2D eigenvalue weighted by Crippen LogP contribution is -2.48. The van der Waals surface area contributed by atoms with Gasteiger partial charge < -0.3 is 26.4 Å². The number of nitrogens with one attached hydrogen (secondary N) is 2. The highest BCUT2D eigenvalue weighted by molar-refractivity contribution is 5.87. The van der Waals surface area contributed by atoms with Crippen molar-refractivity contribution in [3.8, 4) is 0 Å². The third kappa shape index (κ3) is 5.43. The van der Waals surface area contributed by atoms with Gasteiger partial charge in [-0.2, -0.15) is 0 Å². The molecule has 1 unspecified atom stereocenters. The Morgan fingerprint density at radius 1 is 1.45 bits per heavy atom. The molecule has 1 saturated heterocycles. The molecule has 0 bridgehead atoms. The number of nitrogens with two attached hydrogens (primary N) is 1. The highest BCUT2D eigenvalue weighted by atomic mass is 16.4. The van der Waals surface area contributed by atoms with Gasteiger partial charge in [-0.05, 0) is 25.4 Å². The first kappa shape index (κ1) is 16.2. The Balaban J connectivity index is 2.31. The van der Waals surface area contributed by atoms with Crippen molar-refractivity contribution < 1.29 is 19.5 Å². The number of amides is 3. The highest BCUT2D eigenvalue weighted by Crippen LogP contribution is 2.14. The molecule has 0 spiro atoms. The highest BCUT2D eigenvalue weighted by Gasteiger charge is 2.24. The lowest BCUT2D eigenvalue weighted by atomic mass is 10.1. The molecular formula is C12H22N4O4. The number of carboxylic acid groups (broad SMARTS) is 1. The molecule has 20 heavy (non-hydrogen) atoms. The molecule has 1 heterocycles. The Morgan fingerprint density at radius 2 is 2.15 bits per heavy atom. The zero-order valence-corrected chi connectivity index (χ0v) is 11.6. The van der Waals surface area contributed by atoms with Gasteiger partial charge in [-0.3, -0.25) is 4.79 Å². The number of urea groups is 1. The van der Waals surface area contributed by atoms with Crippen molar-refractivity contribution in [2.45, 2.75) is 25.8 Å². The summed E-state index contributed by atoms with van der Waals surface area (Å²) >= 11 is 0. The summed E-state index contributed by atoms with van der Waals surface area (Å²) in [5.74, 6) is -1.68. The van der Waals surface area contributed by atoms with Gasteiger partial charge in [0.2, 0.25) is 5.91 Å². The third-order valence-corrected chi connectivity index (χ3v) is 3.38. The van der Waals surface area contributed by atoms with E-state index in [4.69, 9.17) is 10.8 Å². The average Bonchev–Trinajstić information content (AvgIpc) is 2.83. The minimum atomic E-state index is -1.29. The fourth-order valence-corrected chi connectivity index (χ4v) is 2.21. The van der Waals surface area contributed by atoms with Crippen LogP contribution in [-0.2, 0) is 9.59 Å². The lowest BCUT2D eigenvalue weighted by molar-refractivity contribution is -0.140. The minimum absolute atomic E-state index is 0.375. The van der Waals surface area contributed by atoms with E-state index in [0.29, 0.717) is 12.5 Å².